The predicted molar refractivity (Wildman–Crippen MR) is 108 cm³/mol. The number of rotatable bonds is 6. The minimum absolute atomic E-state index is 0.0149. The fourth-order valence-electron chi connectivity index (χ4n) is 2.47. The Morgan fingerprint density at radius 1 is 1.00 bits per heavy atom. The Balaban J connectivity index is 1.68. The average molecular weight is 399 g/mol. The first kappa shape index (κ1) is 19.5. The normalized spacial score (nSPS) is 10.6. The summed E-state index contributed by atoms with van der Waals surface area (Å²) in [6.07, 6.45) is 1.43. The molecular formula is C21H19ClN2O4. The molecule has 0 atom stereocenters. The summed E-state index contributed by atoms with van der Waals surface area (Å²) in [4.78, 5) is 24.5. The molecule has 0 radical (unpaired) electrons. The molecule has 28 heavy (non-hydrogen) atoms. The minimum Gasteiger partial charge on any atom is -0.491 e. The maximum atomic E-state index is 12.5. The summed E-state index contributed by atoms with van der Waals surface area (Å²) >= 11 is 6.23. The molecule has 2 aromatic carbocycles. The van der Waals surface area contributed by atoms with Crippen LogP contribution in [-0.2, 0) is 0 Å². The van der Waals surface area contributed by atoms with Crippen LogP contribution in [0.4, 0.5) is 11.4 Å². The van der Waals surface area contributed by atoms with Crippen LogP contribution in [-0.4, -0.2) is 17.9 Å². The molecule has 7 heteroatoms. The largest absolute Gasteiger partial charge is 0.491 e. The number of halogens is 1. The van der Waals surface area contributed by atoms with Crippen LogP contribution >= 0.6 is 11.6 Å². The Morgan fingerprint density at radius 2 is 1.82 bits per heavy atom. The number of anilines is 2. The lowest BCUT2D eigenvalue weighted by Crippen LogP contribution is -2.14. The Kier molecular flexibility index (Phi) is 6.01. The molecule has 0 saturated heterocycles. The molecule has 6 nitrogen and oxygen atoms in total. The number of hydrogen-bond donors (Lipinski definition) is 2. The number of carbonyl (C=O) groups is 2. The van der Waals surface area contributed by atoms with Crippen molar-refractivity contribution >= 4 is 34.8 Å². The lowest BCUT2D eigenvalue weighted by atomic mass is 10.2. The van der Waals surface area contributed by atoms with Crippen LogP contribution in [0.5, 0.6) is 5.75 Å². The molecule has 3 rings (SSSR count). The van der Waals surface area contributed by atoms with E-state index in [2.05, 4.69) is 10.6 Å². The van der Waals surface area contributed by atoms with Gasteiger partial charge < -0.3 is 19.8 Å². The lowest BCUT2D eigenvalue weighted by molar-refractivity contribution is 0.0994. The van der Waals surface area contributed by atoms with Gasteiger partial charge in [-0.2, -0.15) is 0 Å². The van der Waals surface area contributed by atoms with Gasteiger partial charge in [-0.25, -0.2) is 0 Å². The number of amides is 2. The highest BCUT2D eigenvalue weighted by atomic mass is 35.5. The first-order valence-electron chi connectivity index (χ1n) is 8.65. The lowest BCUT2D eigenvalue weighted by Gasteiger charge is -2.12. The number of hydrogen-bond acceptors (Lipinski definition) is 4. The van der Waals surface area contributed by atoms with E-state index in [0.29, 0.717) is 22.7 Å². The fourth-order valence-corrected chi connectivity index (χ4v) is 2.70. The summed E-state index contributed by atoms with van der Waals surface area (Å²) in [6, 6.07) is 14.9. The van der Waals surface area contributed by atoms with E-state index in [4.69, 9.17) is 20.8 Å². The van der Waals surface area contributed by atoms with Gasteiger partial charge in [0.15, 0.2) is 5.76 Å². The van der Waals surface area contributed by atoms with Crippen LogP contribution in [0.15, 0.2) is 65.3 Å². The zero-order valence-corrected chi connectivity index (χ0v) is 16.1. The molecule has 1 aromatic heterocycles. The monoisotopic (exact) mass is 398 g/mol. The Bertz CT molecular complexity index is 984. The Labute approximate surface area is 167 Å². The summed E-state index contributed by atoms with van der Waals surface area (Å²) in [5, 5.41) is 5.72. The summed E-state index contributed by atoms with van der Waals surface area (Å²) < 4.78 is 10.7. The van der Waals surface area contributed by atoms with Gasteiger partial charge in [0.2, 0.25) is 0 Å². The zero-order valence-electron chi connectivity index (χ0n) is 15.4. The standard InChI is InChI=1S/C21H19ClN2O4/c1-13(2)28-16-6-3-5-14(11-16)20(25)23-15-8-9-18(17(22)12-15)24-21(26)19-7-4-10-27-19/h3-13H,1-2H3,(H,23,25)(H,24,26). The molecular weight excluding hydrogens is 380 g/mol. The smallest absolute Gasteiger partial charge is 0.291 e. The molecule has 2 N–H and O–H groups in total. The van der Waals surface area contributed by atoms with Gasteiger partial charge in [0, 0.05) is 11.3 Å². The number of carbonyl (C=O) groups excluding carboxylic acids is 2. The van der Waals surface area contributed by atoms with E-state index in [9.17, 15) is 9.59 Å². The van der Waals surface area contributed by atoms with Crippen molar-refractivity contribution in [2.75, 3.05) is 10.6 Å². The minimum atomic E-state index is -0.411. The molecule has 0 unspecified atom stereocenters. The summed E-state index contributed by atoms with van der Waals surface area (Å²) in [5.41, 5.74) is 1.37. The van der Waals surface area contributed by atoms with Crippen LogP contribution in [0.1, 0.15) is 34.8 Å². The second-order valence-electron chi connectivity index (χ2n) is 6.27. The topological polar surface area (TPSA) is 80.6 Å². The van der Waals surface area contributed by atoms with E-state index in [1.54, 1.807) is 54.6 Å². The van der Waals surface area contributed by atoms with E-state index in [1.807, 2.05) is 13.8 Å². The molecule has 144 valence electrons. The highest BCUT2D eigenvalue weighted by Crippen LogP contribution is 2.26. The number of ether oxygens (including phenoxy) is 1. The zero-order chi connectivity index (χ0) is 20.1. The summed E-state index contributed by atoms with van der Waals surface area (Å²) in [6.45, 7) is 3.84. The Hall–Kier alpha value is -3.25. The van der Waals surface area contributed by atoms with Gasteiger partial charge in [0.05, 0.1) is 23.1 Å². The van der Waals surface area contributed by atoms with Gasteiger partial charge in [-0.3, -0.25) is 9.59 Å². The predicted octanol–water partition coefficient (Wildman–Crippen LogP) is 5.22. The van der Waals surface area contributed by atoms with E-state index < -0.39 is 5.91 Å². The summed E-state index contributed by atoms with van der Waals surface area (Å²) in [5.74, 6) is 0.0944. The van der Waals surface area contributed by atoms with E-state index in [1.165, 1.54) is 6.26 Å². The van der Waals surface area contributed by atoms with Crippen LogP contribution in [0, 0.1) is 0 Å². The van der Waals surface area contributed by atoms with Crippen molar-refractivity contribution in [1.82, 2.24) is 0 Å². The first-order chi connectivity index (χ1) is 13.4. The van der Waals surface area contributed by atoms with Gasteiger partial charge in [-0.1, -0.05) is 17.7 Å². The molecule has 2 amide bonds. The van der Waals surface area contributed by atoms with Crippen molar-refractivity contribution < 1.29 is 18.7 Å². The molecule has 0 saturated carbocycles. The highest BCUT2D eigenvalue weighted by Gasteiger charge is 2.13. The number of furan rings is 1. The third-order valence-electron chi connectivity index (χ3n) is 3.69. The van der Waals surface area contributed by atoms with Crippen LogP contribution < -0.4 is 15.4 Å². The third-order valence-corrected chi connectivity index (χ3v) is 4.00. The number of benzene rings is 2. The summed E-state index contributed by atoms with van der Waals surface area (Å²) in [7, 11) is 0. The molecule has 0 aliphatic rings. The van der Waals surface area contributed by atoms with Crippen molar-refractivity contribution in [1.29, 1.82) is 0 Å². The van der Waals surface area contributed by atoms with Gasteiger partial charge in [-0.05, 0) is 62.4 Å². The quantitative estimate of drug-likeness (QED) is 0.596. The molecule has 0 spiro atoms. The van der Waals surface area contributed by atoms with Crippen molar-refractivity contribution in [3.8, 4) is 5.75 Å². The van der Waals surface area contributed by atoms with E-state index in [-0.39, 0.29) is 22.8 Å². The van der Waals surface area contributed by atoms with Crippen molar-refractivity contribution in [2.24, 2.45) is 0 Å². The van der Waals surface area contributed by atoms with Gasteiger partial charge >= 0.3 is 0 Å². The molecule has 0 fully saturated rings. The SMILES string of the molecule is CC(C)Oc1cccc(C(=O)Nc2ccc(NC(=O)c3ccco3)c(Cl)c2)c1. The van der Waals surface area contributed by atoms with Crippen molar-refractivity contribution in [2.45, 2.75) is 20.0 Å². The molecule has 0 bridgehead atoms. The van der Waals surface area contributed by atoms with Gasteiger partial charge in [0.1, 0.15) is 5.75 Å². The van der Waals surface area contributed by atoms with Crippen LogP contribution in [0.3, 0.4) is 0 Å². The van der Waals surface area contributed by atoms with E-state index >= 15 is 0 Å². The Morgan fingerprint density at radius 3 is 2.50 bits per heavy atom. The maximum absolute atomic E-state index is 12.5. The van der Waals surface area contributed by atoms with Crippen LogP contribution in [0.2, 0.25) is 5.02 Å². The first-order valence-corrected chi connectivity index (χ1v) is 9.02. The molecule has 1 heterocycles. The highest BCUT2D eigenvalue weighted by molar-refractivity contribution is 6.34. The maximum Gasteiger partial charge on any atom is 0.291 e. The van der Waals surface area contributed by atoms with Crippen molar-refractivity contribution in [3.63, 3.8) is 0 Å². The fraction of sp³-hybridized carbons (Fsp3) is 0.143. The molecule has 0 aliphatic carbocycles. The molecule has 3 aromatic rings. The number of nitrogens with one attached hydrogen (secondary N) is 2. The van der Waals surface area contributed by atoms with Gasteiger partial charge in [0.25, 0.3) is 11.8 Å². The van der Waals surface area contributed by atoms with Crippen molar-refractivity contribution in [3.05, 3.63) is 77.2 Å². The average Bonchev–Trinajstić information content (AvgIpc) is 3.18. The molecule has 0 aliphatic heterocycles. The van der Waals surface area contributed by atoms with E-state index in [0.717, 1.165) is 0 Å². The van der Waals surface area contributed by atoms with Gasteiger partial charge in [-0.15, -0.1) is 0 Å². The second-order valence-corrected chi connectivity index (χ2v) is 6.68. The van der Waals surface area contributed by atoms with Crippen LogP contribution in [0.25, 0.3) is 0 Å². The third kappa shape index (κ3) is 4.92. The second kappa shape index (κ2) is 8.63.